The molecular weight excluding hydrogens is 334 g/mol. The van der Waals surface area contributed by atoms with E-state index < -0.39 is 10.8 Å². The van der Waals surface area contributed by atoms with E-state index in [0.717, 1.165) is 0 Å². The predicted octanol–water partition coefficient (Wildman–Crippen LogP) is 3.25. The smallest absolute Gasteiger partial charge is 0.282 e. The third-order valence-corrected chi connectivity index (χ3v) is 3.35. The van der Waals surface area contributed by atoms with Crippen LogP contribution in [0.5, 0.6) is 0 Å². The summed E-state index contributed by atoms with van der Waals surface area (Å²) in [6, 6.07) is 10.0. The van der Waals surface area contributed by atoms with Gasteiger partial charge in [0.1, 0.15) is 5.56 Å². The lowest BCUT2D eigenvalue weighted by atomic mass is 10.1. The summed E-state index contributed by atoms with van der Waals surface area (Å²) in [4.78, 5) is 34.5. The number of nitrogens with zero attached hydrogens (tertiary/aromatic N) is 1. The number of halogens is 1. The van der Waals surface area contributed by atoms with Crippen LogP contribution in [0.4, 0.5) is 11.4 Å². The lowest BCUT2D eigenvalue weighted by Crippen LogP contribution is -2.22. The number of amides is 2. The molecule has 0 heterocycles. The van der Waals surface area contributed by atoms with Crippen LogP contribution in [0.25, 0.3) is 0 Å². The second kappa shape index (κ2) is 7.56. The number of carbonyl (C=O) groups excluding carboxylic acids is 2. The van der Waals surface area contributed by atoms with E-state index in [4.69, 9.17) is 11.6 Å². The number of rotatable bonds is 5. The van der Waals surface area contributed by atoms with Crippen molar-refractivity contribution in [2.24, 2.45) is 0 Å². The van der Waals surface area contributed by atoms with Gasteiger partial charge in [0, 0.05) is 28.9 Å². The molecule has 0 fully saturated rings. The fraction of sp³-hybridized carbons (Fsp3) is 0.125. The molecule has 2 aromatic carbocycles. The third-order valence-electron chi connectivity index (χ3n) is 3.12. The number of nitro benzene ring substituents is 1. The molecule has 2 amide bonds. The summed E-state index contributed by atoms with van der Waals surface area (Å²) in [5.74, 6) is -0.959. The molecule has 0 aliphatic carbocycles. The Kier molecular flexibility index (Phi) is 5.49. The maximum Gasteiger partial charge on any atom is 0.282 e. The molecule has 8 heteroatoms. The summed E-state index contributed by atoms with van der Waals surface area (Å²) in [5.41, 5.74) is 0.209. The molecular formula is C16H14ClN3O4. The van der Waals surface area contributed by atoms with E-state index in [-0.39, 0.29) is 22.2 Å². The summed E-state index contributed by atoms with van der Waals surface area (Å²) >= 11 is 5.81. The first-order valence-corrected chi connectivity index (χ1v) is 7.43. The summed E-state index contributed by atoms with van der Waals surface area (Å²) in [6.45, 7) is 2.27. The van der Waals surface area contributed by atoms with Gasteiger partial charge < -0.3 is 10.6 Å². The van der Waals surface area contributed by atoms with E-state index in [9.17, 15) is 19.7 Å². The van der Waals surface area contributed by atoms with Gasteiger partial charge in [0.15, 0.2) is 0 Å². The van der Waals surface area contributed by atoms with Gasteiger partial charge in [0.05, 0.1) is 4.92 Å². The molecule has 24 heavy (non-hydrogen) atoms. The van der Waals surface area contributed by atoms with Crippen molar-refractivity contribution in [2.45, 2.75) is 6.92 Å². The highest BCUT2D eigenvalue weighted by Gasteiger charge is 2.20. The normalized spacial score (nSPS) is 10.1. The van der Waals surface area contributed by atoms with Crippen LogP contribution >= 0.6 is 11.6 Å². The second-order valence-corrected chi connectivity index (χ2v) is 5.25. The molecule has 0 bridgehead atoms. The van der Waals surface area contributed by atoms with Crippen molar-refractivity contribution in [3.63, 3.8) is 0 Å². The first kappa shape index (κ1) is 17.4. The van der Waals surface area contributed by atoms with Crippen LogP contribution in [-0.4, -0.2) is 23.3 Å². The molecule has 0 unspecified atom stereocenters. The number of hydrogen-bond donors (Lipinski definition) is 2. The Hall–Kier alpha value is -2.93. The molecule has 0 aliphatic heterocycles. The first-order valence-electron chi connectivity index (χ1n) is 7.06. The Balaban J connectivity index is 2.27. The molecule has 7 nitrogen and oxygen atoms in total. The van der Waals surface area contributed by atoms with Crippen molar-refractivity contribution in [3.8, 4) is 0 Å². The van der Waals surface area contributed by atoms with Crippen LogP contribution in [0.3, 0.4) is 0 Å². The minimum Gasteiger partial charge on any atom is -0.352 e. The van der Waals surface area contributed by atoms with Crippen molar-refractivity contribution >= 4 is 34.8 Å². The van der Waals surface area contributed by atoms with Crippen LogP contribution < -0.4 is 10.6 Å². The van der Waals surface area contributed by atoms with Crippen molar-refractivity contribution in [2.75, 3.05) is 11.9 Å². The fourth-order valence-electron chi connectivity index (χ4n) is 2.05. The van der Waals surface area contributed by atoms with Gasteiger partial charge in [-0.2, -0.15) is 0 Å². The van der Waals surface area contributed by atoms with Crippen LogP contribution in [0.15, 0.2) is 42.5 Å². The molecule has 0 radical (unpaired) electrons. The first-order chi connectivity index (χ1) is 11.4. The molecule has 0 saturated carbocycles. The maximum absolute atomic E-state index is 12.3. The fourth-order valence-corrected chi connectivity index (χ4v) is 2.22. The number of nitrogens with one attached hydrogen (secondary N) is 2. The lowest BCUT2D eigenvalue weighted by molar-refractivity contribution is -0.385. The number of anilines is 1. The zero-order valence-electron chi connectivity index (χ0n) is 12.7. The Morgan fingerprint density at radius 2 is 1.92 bits per heavy atom. The lowest BCUT2D eigenvalue weighted by Gasteiger charge is -2.08. The highest BCUT2D eigenvalue weighted by atomic mass is 35.5. The van der Waals surface area contributed by atoms with E-state index in [2.05, 4.69) is 10.6 Å². The topological polar surface area (TPSA) is 101 Å². The Morgan fingerprint density at radius 3 is 2.58 bits per heavy atom. The number of hydrogen-bond acceptors (Lipinski definition) is 4. The minimum absolute atomic E-state index is 0.157. The van der Waals surface area contributed by atoms with E-state index in [1.807, 2.05) is 0 Å². The van der Waals surface area contributed by atoms with Gasteiger partial charge in [-0.1, -0.05) is 17.7 Å². The number of nitro groups is 1. The molecule has 2 aromatic rings. The second-order valence-electron chi connectivity index (χ2n) is 4.81. The molecule has 2 rings (SSSR count). The van der Waals surface area contributed by atoms with Crippen molar-refractivity contribution in [1.82, 2.24) is 5.32 Å². The highest BCUT2D eigenvalue weighted by molar-refractivity contribution is 6.31. The Bertz CT molecular complexity index is 808. The Morgan fingerprint density at radius 1 is 1.17 bits per heavy atom. The summed E-state index contributed by atoms with van der Waals surface area (Å²) in [5, 5.41) is 16.4. The average molecular weight is 348 g/mol. The summed E-state index contributed by atoms with van der Waals surface area (Å²) in [6.07, 6.45) is 0. The molecule has 124 valence electrons. The molecule has 0 aromatic heterocycles. The van der Waals surface area contributed by atoms with Gasteiger partial charge in [0.2, 0.25) is 0 Å². The van der Waals surface area contributed by atoms with Crippen LogP contribution in [0.1, 0.15) is 27.6 Å². The van der Waals surface area contributed by atoms with Gasteiger partial charge in [-0.15, -0.1) is 0 Å². The summed E-state index contributed by atoms with van der Waals surface area (Å²) < 4.78 is 0. The molecule has 0 saturated heterocycles. The standard InChI is InChI=1S/C16H14ClN3O4/c1-2-18-15(21)10-4-3-5-12(8-10)19-16(22)13-9-11(17)6-7-14(13)20(23)24/h3-9H,2H2,1H3,(H,18,21)(H,19,22). The van der Waals surface area contributed by atoms with Gasteiger partial charge in [0.25, 0.3) is 17.5 Å². The molecule has 0 aliphatic rings. The van der Waals surface area contributed by atoms with Gasteiger partial charge in [-0.3, -0.25) is 19.7 Å². The molecule has 0 spiro atoms. The highest BCUT2D eigenvalue weighted by Crippen LogP contribution is 2.24. The predicted molar refractivity (Wildman–Crippen MR) is 90.5 cm³/mol. The van der Waals surface area contributed by atoms with Crippen molar-refractivity contribution in [3.05, 3.63) is 68.7 Å². The van der Waals surface area contributed by atoms with Gasteiger partial charge in [-0.25, -0.2) is 0 Å². The SMILES string of the molecule is CCNC(=O)c1cccc(NC(=O)c2cc(Cl)ccc2[N+](=O)[O-])c1. The zero-order chi connectivity index (χ0) is 17.7. The monoisotopic (exact) mass is 347 g/mol. The number of benzene rings is 2. The van der Waals surface area contributed by atoms with Crippen LogP contribution in [-0.2, 0) is 0 Å². The number of carbonyl (C=O) groups is 2. The van der Waals surface area contributed by atoms with Crippen molar-refractivity contribution in [1.29, 1.82) is 0 Å². The van der Waals surface area contributed by atoms with Crippen LogP contribution in [0.2, 0.25) is 5.02 Å². The quantitative estimate of drug-likeness (QED) is 0.640. The molecule has 2 N–H and O–H groups in total. The average Bonchev–Trinajstić information content (AvgIpc) is 2.55. The van der Waals surface area contributed by atoms with E-state index in [1.54, 1.807) is 25.1 Å². The largest absolute Gasteiger partial charge is 0.352 e. The van der Waals surface area contributed by atoms with Gasteiger partial charge >= 0.3 is 0 Å². The molecule has 0 atom stereocenters. The maximum atomic E-state index is 12.3. The van der Waals surface area contributed by atoms with Crippen LogP contribution in [0, 0.1) is 10.1 Å². The third kappa shape index (κ3) is 4.08. The van der Waals surface area contributed by atoms with Gasteiger partial charge in [-0.05, 0) is 37.3 Å². The van der Waals surface area contributed by atoms with E-state index in [1.165, 1.54) is 24.3 Å². The Labute approximate surface area is 142 Å². The van der Waals surface area contributed by atoms with E-state index >= 15 is 0 Å². The summed E-state index contributed by atoms with van der Waals surface area (Å²) in [7, 11) is 0. The zero-order valence-corrected chi connectivity index (χ0v) is 13.5. The van der Waals surface area contributed by atoms with Crippen molar-refractivity contribution < 1.29 is 14.5 Å². The van der Waals surface area contributed by atoms with E-state index in [0.29, 0.717) is 17.8 Å². The minimum atomic E-state index is -0.683.